The molecule has 0 unspecified atom stereocenters. The molecule has 0 fully saturated rings. The van der Waals surface area contributed by atoms with Crippen LogP contribution in [0.2, 0.25) is 0 Å². The number of nitrogens with zero attached hydrogens (tertiary/aromatic N) is 3. The number of hydrogen-bond acceptors (Lipinski definition) is 4. The molecule has 0 aliphatic carbocycles. The predicted molar refractivity (Wildman–Crippen MR) is 122 cm³/mol. The zero-order valence-corrected chi connectivity index (χ0v) is 17.8. The molecule has 3 N–H and O–H groups in total. The first-order valence-electron chi connectivity index (χ1n) is 10.0. The van der Waals surface area contributed by atoms with E-state index in [1.165, 1.54) is 0 Å². The van der Waals surface area contributed by atoms with Crippen LogP contribution in [0.3, 0.4) is 0 Å². The third-order valence-corrected chi connectivity index (χ3v) is 4.16. The third kappa shape index (κ3) is 7.92. The number of benzene rings is 1. The number of anilines is 1. The molecule has 1 aliphatic heterocycles. The van der Waals surface area contributed by atoms with Crippen LogP contribution in [0.1, 0.15) is 52.0 Å². The number of aliphatic carboxylic acids is 1. The fourth-order valence-electron chi connectivity index (χ4n) is 2.97. The van der Waals surface area contributed by atoms with Gasteiger partial charge >= 0.3 is 5.97 Å². The first kappa shape index (κ1) is 22.9. The lowest BCUT2D eigenvalue weighted by molar-refractivity contribution is -0.137. The van der Waals surface area contributed by atoms with Crippen molar-refractivity contribution >= 4 is 29.4 Å². The highest BCUT2D eigenvalue weighted by atomic mass is 16.4. The molecule has 7 nitrogen and oxygen atoms in total. The highest BCUT2D eigenvalue weighted by molar-refractivity contribution is 6.02. The smallest absolute Gasteiger partial charge is 0.303 e. The van der Waals surface area contributed by atoms with Crippen LogP contribution >= 0.6 is 0 Å². The lowest BCUT2D eigenvalue weighted by Crippen LogP contribution is -2.30. The summed E-state index contributed by atoms with van der Waals surface area (Å²) in [6.07, 6.45) is 10.3. The van der Waals surface area contributed by atoms with Gasteiger partial charge in [-0.1, -0.05) is 24.3 Å². The Bertz CT molecular complexity index is 914. The summed E-state index contributed by atoms with van der Waals surface area (Å²) in [5.74, 6) is -0.405. The molecule has 7 heteroatoms. The minimum absolute atomic E-state index is 0.144. The van der Waals surface area contributed by atoms with Gasteiger partial charge in [0.25, 0.3) is 0 Å². The minimum Gasteiger partial charge on any atom is -0.481 e. The molecule has 0 amide bonds. The number of carboxylic acids is 1. The Hall–Kier alpha value is -3.40. The molecule has 1 aromatic carbocycles. The van der Waals surface area contributed by atoms with Gasteiger partial charge in [0.15, 0.2) is 6.19 Å². The van der Waals surface area contributed by atoms with E-state index in [0.29, 0.717) is 18.8 Å². The summed E-state index contributed by atoms with van der Waals surface area (Å²) >= 11 is 0. The topological polar surface area (TPSA) is 110 Å². The van der Waals surface area contributed by atoms with E-state index in [4.69, 9.17) is 10.4 Å². The van der Waals surface area contributed by atoms with Crippen molar-refractivity contribution < 1.29 is 9.90 Å². The zero-order valence-electron chi connectivity index (χ0n) is 17.8. The van der Waals surface area contributed by atoms with E-state index < -0.39 is 5.97 Å². The van der Waals surface area contributed by atoms with Gasteiger partial charge in [-0.05, 0) is 68.9 Å². The average molecular weight is 408 g/mol. The molecular formula is C23H29N5O2. The van der Waals surface area contributed by atoms with Gasteiger partial charge in [-0.2, -0.15) is 5.26 Å². The van der Waals surface area contributed by atoms with Crippen LogP contribution in [0.5, 0.6) is 0 Å². The molecule has 1 aromatic rings. The lowest BCUT2D eigenvalue weighted by atomic mass is 9.94. The van der Waals surface area contributed by atoms with Crippen molar-refractivity contribution in [1.29, 1.82) is 5.26 Å². The van der Waals surface area contributed by atoms with E-state index in [2.05, 4.69) is 32.8 Å². The normalized spacial score (nSPS) is 14.7. The molecular weight excluding hydrogens is 378 g/mol. The molecule has 1 aliphatic rings. The van der Waals surface area contributed by atoms with Crippen LogP contribution in [-0.2, 0) is 4.79 Å². The van der Waals surface area contributed by atoms with Crippen molar-refractivity contribution in [2.75, 3.05) is 11.9 Å². The molecule has 30 heavy (non-hydrogen) atoms. The van der Waals surface area contributed by atoms with Gasteiger partial charge in [0, 0.05) is 24.9 Å². The van der Waals surface area contributed by atoms with E-state index in [1.54, 1.807) is 0 Å². The molecule has 0 aromatic heterocycles. The van der Waals surface area contributed by atoms with Crippen molar-refractivity contribution in [3.63, 3.8) is 0 Å². The second kappa shape index (κ2) is 11.0. The first-order chi connectivity index (χ1) is 14.3. The Balaban J connectivity index is 2.31. The van der Waals surface area contributed by atoms with Crippen molar-refractivity contribution in [3.05, 3.63) is 47.6 Å². The molecule has 0 saturated carbocycles. The Morgan fingerprint density at radius 3 is 2.83 bits per heavy atom. The molecule has 0 saturated heterocycles. The van der Waals surface area contributed by atoms with Crippen LogP contribution in [0.15, 0.2) is 52.0 Å². The standard InChI is InChI=1S/C23H29N5O2/c1-23(2,3)28-22(26-16-24)27-19-10-6-8-17(14-19)20(11-4-5-12-21(29)30)18-9-7-13-25-15-18/h6,8-11,14-15H,4-5,7,12-13H2,1-3H3,(H,29,30)(H2,26,27,28)/b20-11-. The molecule has 0 radical (unpaired) electrons. The van der Waals surface area contributed by atoms with Gasteiger partial charge in [-0.25, -0.2) is 4.99 Å². The van der Waals surface area contributed by atoms with Gasteiger partial charge in [-0.15, -0.1) is 0 Å². The Morgan fingerprint density at radius 1 is 1.40 bits per heavy atom. The van der Waals surface area contributed by atoms with Crippen LogP contribution in [0.4, 0.5) is 5.69 Å². The quantitative estimate of drug-likeness (QED) is 0.204. The molecule has 1 heterocycles. The third-order valence-electron chi connectivity index (χ3n) is 4.16. The Morgan fingerprint density at radius 2 is 2.20 bits per heavy atom. The summed E-state index contributed by atoms with van der Waals surface area (Å²) in [6.45, 7) is 6.65. The summed E-state index contributed by atoms with van der Waals surface area (Å²) in [5.41, 5.74) is 3.50. The number of dihydropyridines is 1. The summed E-state index contributed by atoms with van der Waals surface area (Å²) in [5, 5.41) is 23.7. The maximum absolute atomic E-state index is 10.8. The van der Waals surface area contributed by atoms with Crippen molar-refractivity contribution in [2.24, 2.45) is 9.98 Å². The minimum atomic E-state index is -0.787. The van der Waals surface area contributed by atoms with Gasteiger partial charge < -0.3 is 10.4 Å². The van der Waals surface area contributed by atoms with Crippen LogP contribution in [0, 0.1) is 11.5 Å². The SMILES string of the molecule is CC(C)(C)N=C(NC#N)Nc1cccc(/C(=C/CCCC(=O)O)C2=CCCN=C2)c1. The monoisotopic (exact) mass is 407 g/mol. The molecule has 0 bridgehead atoms. The van der Waals surface area contributed by atoms with Crippen LogP contribution in [-0.4, -0.2) is 35.3 Å². The fourth-order valence-corrected chi connectivity index (χ4v) is 2.97. The number of nitrogens with one attached hydrogen (secondary N) is 2. The number of allylic oxidation sites excluding steroid dienone is 3. The largest absolute Gasteiger partial charge is 0.481 e. The lowest BCUT2D eigenvalue weighted by Gasteiger charge is -2.17. The van der Waals surface area contributed by atoms with E-state index in [0.717, 1.165) is 35.4 Å². The van der Waals surface area contributed by atoms with Crippen molar-refractivity contribution in [3.8, 4) is 6.19 Å². The van der Waals surface area contributed by atoms with Gasteiger partial charge in [0.2, 0.25) is 5.96 Å². The van der Waals surface area contributed by atoms with E-state index in [9.17, 15) is 4.79 Å². The fraction of sp³-hybridized carbons (Fsp3) is 0.391. The molecule has 158 valence electrons. The Kier molecular flexibility index (Phi) is 8.36. The van der Waals surface area contributed by atoms with Gasteiger partial charge in [-0.3, -0.25) is 15.1 Å². The number of carbonyl (C=O) groups is 1. The number of rotatable bonds is 7. The summed E-state index contributed by atoms with van der Waals surface area (Å²) in [4.78, 5) is 19.7. The predicted octanol–water partition coefficient (Wildman–Crippen LogP) is 4.36. The van der Waals surface area contributed by atoms with Crippen molar-refractivity contribution in [1.82, 2.24) is 5.32 Å². The van der Waals surface area contributed by atoms with Crippen LogP contribution in [0.25, 0.3) is 5.57 Å². The van der Waals surface area contributed by atoms with Gasteiger partial charge in [0.05, 0.1) is 5.54 Å². The van der Waals surface area contributed by atoms with Crippen LogP contribution < -0.4 is 10.6 Å². The van der Waals surface area contributed by atoms with Gasteiger partial charge in [0.1, 0.15) is 0 Å². The number of nitriles is 1. The summed E-state index contributed by atoms with van der Waals surface area (Å²) in [7, 11) is 0. The number of unbranched alkanes of at least 4 members (excludes halogenated alkanes) is 1. The van der Waals surface area contributed by atoms with E-state index in [-0.39, 0.29) is 12.0 Å². The molecule has 0 spiro atoms. The highest BCUT2D eigenvalue weighted by Crippen LogP contribution is 2.27. The maximum atomic E-state index is 10.8. The Labute approximate surface area is 177 Å². The van der Waals surface area contributed by atoms with E-state index in [1.807, 2.05) is 57.4 Å². The highest BCUT2D eigenvalue weighted by Gasteiger charge is 2.12. The number of carboxylic acid groups (broad SMARTS) is 1. The van der Waals surface area contributed by atoms with E-state index >= 15 is 0 Å². The molecule has 0 atom stereocenters. The second-order valence-electron chi connectivity index (χ2n) is 7.96. The summed E-state index contributed by atoms with van der Waals surface area (Å²) < 4.78 is 0. The number of hydrogen-bond donors (Lipinski definition) is 3. The maximum Gasteiger partial charge on any atom is 0.303 e. The summed E-state index contributed by atoms with van der Waals surface area (Å²) in [6, 6.07) is 7.84. The first-order valence-corrected chi connectivity index (χ1v) is 10.0. The number of guanidine groups is 1. The average Bonchev–Trinajstić information content (AvgIpc) is 2.67. The van der Waals surface area contributed by atoms with Crippen molar-refractivity contribution in [2.45, 2.75) is 52.0 Å². The zero-order chi connectivity index (χ0) is 22.0. The number of aliphatic imine (C=N–C) groups is 2. The second-order valence-corrected chi connectivity index (χ2v) is 7.96. The molecule has 2 rings (SSSR count).